The first-order valence-electron chi connectivity index (χ1n) is 13.5. The van der Waals surface area contributed by atoms with Crippen LogP contribution < -0.4 is 0 Å². The van der Waals surface area contributed by atoms with E-state index in [1.165, 1.54) is 5.57 Å². The molecule has 8 atom stereocenters. The molecule has 0 radical (unpaired) electrons. The zero-order valence-corrected chi connectivity index (χ0v) is 23.1. The molecule has 200 valence electrons. The van der Waals surface area contributed by atoms with E-state index in [2.05, 4.69) is 46.9 Å². The number of hydrogen-bond acceptors (Lipinski definition) is 3. The number of fused-ring (bicyclic) bond motifs is 3. The van der Waals surface area contributed by atoms with Crippen molar-refractivity contribution in [2.75, 3.05) is 7.11 Å². The minimum atomic E-state index is -0.862. The molecule has 3 aliphatic carbocycles. The highest BCUT2D eigenvalue weighted by Crippen LogP contribution is 2.65. The van der Waals surface area contributed by atoms with E-state index in [0.717, 1.165) is 43.3 Å². The van der Waals surface area contributed by atoms with E-state index in [1.807, 2.05) is 6.08 Å². The first-order chi connectivity index (χ1) is 16.8. The Morgan fingerprint density at radius 1 is 1.28 bits per heavy atom. The highest BCUT2D eigenvalue weighted by molar-refractivity contribution is 5.85. The van der Waals surface area contributed by atoms with Crippen LogP contribution in [0.15, 0.2) is 47.6 Å². The summed E-state index contributed by atoms with van der Waals surface area (Å²) in [6.07, 6.45) is 9.68. The van der Waals surface area contributed by atoms with Crippen LogP contribution in [-0.4, -0.2) is 34.9 Å². The topological polar surface area (TPSA) is 83.8 Å². The monoisotopic (exact) mass is 498 g/mol. The number of hydrogen-bond donors (Lipinski definition) is 2. The first-order valence-corrected chi connectivity index (χ1v) is 13.5. The molecule has 5 nitrogen and oxygen atoms in total. The van der Waals surface area contributed by atoms with E-state index in [-0.39, 0.29) is 17.8 Å². The number of carboxylic acid groups (broad SMARTS) is 2. The van der Waals surface area contributed by atoms with Gasteiger partial charge in [-0.2, -0.15) is 0 Å². The van der Waals surface area contributed by atoms with E-state index in [1.54, 1.807) is 14.0 Å². The summed E-state index contributed by atoms with van der Waals surface area (Å²) < 4.78 is 6.42. The largest absolute Gasteiger partial charge is 0.481 e. The van der Waals surface area contributed by atoms with Gasteiger partial charge in [0.15, 0.2) is 0 Å². The van der Waals surface area contributed by atoms with Crippen LogP contribution in [-0.2, 0) is 14.3 Å². The van der Waals surface area contributed by atoms with E-state index in [4.69, 9.17) is 9.84 Å². The summed E-state index contributed by atoms with van der Waals surface area (Å²) in [5.41, 5.74) is 3.22. The van der Waals surface area contributed by atoms with Crippen molar-refractivity contribution in [3.63, 3.8) is 0 Å². The fourth-order valence-electron chi connectivity index (χ4n) is 7.94. The fraction of sp³-hybridized carbons (Fsp3) is 0.677. The normalized spacial score (nSPS) is 37.1. The Balaban J connectivity index is 1.96. The van der Waals surface area contributed by atoms with Gasteiger partial charge in [0.25, 0.3) is 0 Å². The van der Waals surface area contributed by atoms with Crippen LogP contribution in [0.2, 0.25) is 0 Å². The number of rotatable bonds is 10. The lowest BCUT2D eigenvalue weighted by Gasteiger charge is -2.52. The summed E-state index contributed by atoms with van der Waals surface area (Å²) in [6, 6.07) is 0. The van der Waals surface area contributed by atoms with Crippen molar-refractivity contribution in [2.24, 2.45) is 40.9 Å². The molecule has 2 fully saturated rings. The van der Waals surface area contributed by atoms with E-state index >= 15 is 0 Å². The van der Waals surface area contributed by atoms with Gasteiger partial charge >= 0.3 is 11.9 Å². The Morgan fingerprint density at radius 3 is 2.50 bits per heavy atom. The lowest BCUT2D eigenvalue weighted by molar-refractivity contribution is -0.138. The third-order valence-electron chi connectivity index (χ3n) is 9.99. The molecule has 5 heteroatoms. The SMILES string of the molecule is C=C(C)[C@@H]1C[C@@H](C)[C@H]2C(=C[C@@]3(OC)C(=C)[C@@H]([C@H](C)CC/C=C(/C)C(=O)O)CCC23)[C@@]1(C)CCC(=O)O. The minimum absolute atomic E-state index is 0.146. The molecule has 0 aromatic carbocycles. The van der Waals surface area contributed by atoms with Gasteiger partial charge in [-0.15, -0.1) is 0 Å². The lowest BCUT2D eigenvalue weighted by Crippen LogP contribution is -2.49. The smallest absolute Gasteiger partial charge is 0.330 e. The zero-order valence-electron chi connectivity index (χ0n) is 23.1. The highest BCUT2D eigenvalue weighted by atomic mass is 16.5. The fourth-order valence-corrected chi connectivity index (χ4v) is 7.94. The van der Waals surface area contributed by atoms with Gasteiger partial charge in [0.1, 0.15) is 5.60 Å². The van der Waals surface area contributed by atoms with Crippen LogP contribution in [0, 0.1) is 40.9 Å². The molecule has 0 heterocycles. The molecule has 0 spiro atoms. The number of aliphatic carboxylic acids is 2. The third kappa shape index (κ3) is 4.88. The van der Waals surface area contributed by atoms with E-state index < -0.39 is 17.5 Å². The minimum Gasteiger partial charge on any atom is -0.481 e. The van der Waals surface area contributed by atoms with Crippen molar-refractivity contribution in [1.82, 2.24) is 0 Å². The van der Waals surface area contributed by atoms with Gasteiger partial charge in [0.05, 0.1) is 0 Å². The Hall–Kier alpha value is -2.14. The van der Waals surface area contributed by atoms with Crippen molar-refractivity contribution in [3.8, 4) is 0 Å². The summed E-state index contributed by atoms with van der Waals surface area (Å²) in [5, 5.41) is 18.7. The molecule has 36 heavy (non-hydrogen) atoms. The number of carboxylic acids is 2. The first kappa shape index (κ1) is 28.4. The average Bonchev–Trinajstić information content (AvgIpc) is 3.18. The summed E-state index contributed by atoms with van der Waals surface area (Å²) in [6.45, 7) is 19.5. The Kier molecular flexibility index (Phi) is 8.44. The van der Waals surface area contributed by atoms with Crippen LogP contribution in [0.25, 0.3) is 0 Å². The second-order valence-electron chi connectivity index (χ2n) is 12.1. The molecule has 2 saturated carbocycles. The number of carbonyl (C=O) groups is 2. The highest BCUT2D eigenvalue weighted by Gasteiger charge is 2.61. The second-order valence-corrected chi connectivity index (χ2v) is 12.1. The molecule has 0 aliphatic heterocycles. The van der Waals surface area contributed by atoms with Gasteiger partial charge in [-0.3, -0.25) is 4.79 Å². The maximum absolute atomic E-state index is 11.6. The standard InChI is InChI=1S/C31H46O5/c1-18(2)25-16-21(5)28-24-13-12-23(19(3)10-9-11-20(4)29(34)35)22(6)31(24,36-8)17-26(28)30(25,7)15-14-27(32)33/h11,17,19,21,23-25,28H,1,6,9-10,12-16H2,2-5,7-8H3,(H,32,33)(H,34,35)/b20-11-/t19-,21-,23-,24?,25+,28-,30+,31-/m1/s1. The van der Waals surface area contributed by atoms with Crippen LogP contribution >= 0.6 is 0 Å². The number of ether oxygens (including phenoxy) is 1. The third-order valence-corrected chi connectivity index (χ3v) is 9.99. The predicted molar refractivity (Wildman–Crippen MR) is 144 cm³/mol. The molecule has 0 amide bonds. The summed E-state index contributed by atoms with van der Waals surface area (Å²) in [7, 11) is 1.80. The second kappa shape index (κ2) is 10.7. The summed E-state index contributed by atoms with van der Waals surface area (Å²) >= 11 is 0. The Morgan fingerprint density at radius 2 is 1.94 bits per heavy atom. The average molecular weight is 499 g/mol. The van der Waals surface area contributed by atoms with Gasteiger partial charge in [0, 0.05) is 25.0 Å². The van der Waals surface area contributed by atoms with Gasteiger partial charge in [-0.25, -0.2) is 4.79 Å². The maximum Gasteiger partial charge on any atom is 0.330 e. The van der Waals surface area contributed by atoms with E-state index in [0.29, 0.717) is 41.6 Å². The molecule has 0 aromatic heterocycles. The number of allylic oxidation sites excluding steroid dienone is 3. The molecule has 3 aliphatic rings. The van der Waals surface area contributed by atoms with Crippen molar-refractivity contribution in [1.29, 1.82) is 0 Å². The van der Waals surface area contributed by atoms with Gasteiger partial charge < -0.3 is 14.9 Å². The predicted octanol–water partition coefficient (Wildman–Crippen LogP) is 7.06. The van der Waals surface area contributed by atoms with Crippen LogP contribution in [0.5, 0.6) is 0 Å². The Bertz CT molecular complexity index is 973. The number of methoxy groups -OCH3 is 1. The Labute approximate surface area is 217 Å². The van der Waals surface area contributed by atoms with Gasteiger partial charge in [0.2, 0.25) is 0 Å². The molecule has 0 saturated heterocycles. The molecule has 0 bridgehead atoms. The van der Waals surface area contributed by atoms with Crippen LogP contribution in [0.4, 0.5) is 0 Å². The van der Waals surface area contributed by atoms with Crippen LogP contribution in [0.3, 0.4) is 0 Å². The molecular formula is C31H46O5. The molecule has 1 unspecified atom stereocenters. The molecule has 3 rings (SSSR count). The maximum atomic E-state index is 11.6. The molecule has 0 aromatic rings. The van der Waals surface area contributed by atoms with Crippen molar-refractivity contribution >= 4 is 11.9 Å². The van der Waals surface area contributed by atoms with Crippen molar-refractivity contribution in [2.45, 2.75) is 85.2 Å². The van der Waals surface area contributed by atoms with Gasteiger partial charge in [-0.05, 0) is 99.0 Å². The lowest BCUT2D eigenvalue weighted by atomic mass is 9.53. The van der Waals surface area contributed by atoms with E-state index in [9.17, 15) is 14.7 Å². The molecule has 2 N–H and O–H groups in total. The van der Waals surface area contributed by atoms with Gasteiger partial charge in [-0.1, -0.05) is 51.2 Å². The quantitative estimate of drug-likeness (QED) is 0.249. The molecular weight excluding hydrogens is 452 g/mol. The van der Waals surface area contributed by atoms with Crippen molar-refractivity contribution in [3.05, 3.63) is 47.6 Å². The summed E-state index contributed by atoms with van der Waals surface area (Å²) in [4.78, 5) is 22.7. The van der Waals surface area contributed by atoms with Crippen molar-refractivity contribution < 1.29 is 24.5 Å². The summed E-state index contributed by atoms with van der Waals surface area (Å²) in [5.74, 6) is 0.424. The zero-order chi connectivity index (χ0) is 27.0. The van der Waals surface area contributed by atoms with Crippen LogP contribution in [0.1, 0.15) is 79.6 Å².